The number of carbonyl (C=O) groups excluding carboxylic acids is 1. The first-order valence-corrected chi connectivity index (χ1v) is 6.71. The fourth-order valence-corrected chi connectivity index (χ4v) is 2.70. The highest BCUT2D eigenvalue weighted by molar-refractivity contribution is 5.98. The van der Waals surface area contributed by atoms with Crippen LogP contribution in [0.25, 0.3) is 0 Å². The molecule has 0 aromatic heterocycles. The number of nitro benzene ring substituents is 1. The summed E-state index contributed by atoms with van der Waals surface area (Å²) in [7, 11) is 1.60. The molecule has 0 heterocycles. The van der Waals surface area contributed by atoms with Gasteiger partial charge in [-0.15, -0.1) is 0 Å². The number of aliphatic hydroxyl groups is 1. The number of aliphatic hydroxyl groups excluding tert-OH is 1. The second-order valence-corrected chi connectivity index (χ2v) is 5.11. The normalized spacial score (nSPS) is 22.3. The molecular weight excluding hydrogens is 260 g/mol. The Hall–Kier alpha value is -1.95. The fourth-order valence-electron chi connectivity index (χ4n) is 2.70. The summed E-state index contributed by atoms with van der Waals surface area (Å²) in [6.45, 7) is 0. The molecule has 0 radical (unpaired) electrons. The summed E-state index contributed by atoms with van der Waals surface area (Å²) < 4.78 is 0. The van der Waals surface area contributed by atoms with Gasteiger partial charge in [-0.1, -0.05) is 25.0 Å². The fraction of sp³-hybridized carbons (Fsp3) is 0.500. The van der Waals surface area contributed by atoms with Crippen LogP contribution in [0.1, 0.15) is 36.0 Å². The molecule has 2 rings (SSSR count). The zero-order valence-electron chi connectivity index (χ0n) is 11.4. The number of nitrogens with zero attached hydrogens (tertiary/aromatic N) is 2. The van der Waals surface area contributed by atoms with Crippen LogP contribution in [0.15, 0.2) is 24.3 Å². The van der Waals surface area contributed by atoms with E-state index >= 15 is 0 Å². The molecule has 1 saturated carbocycles. The van der Waals surface area contributed by atoms with Crippen molar-refractivity contribution in [2.45, 2.75) is 37.8 Å². The van der Waals surface area contributed by atoms with Crippen molar-refractivity contribution >= 4 is 11.6 Å². The average molecular weight is 278 g/mol. The van der Waals surface area contributed by atoms with E-state index in [0.29, 0.717) is 6.42 Å². The summed E-state index contributed by atoms with van der Waals surface area (Å²) in [5.41, 5.74) is -0.132. The summed E-state index contributed by atoms with van der Waals surface area (Å²) >= 11 is 0. The van der Waals surface area contributed by atoms with Gasteiger partial charge in [0.15, 0.2) is 0 Å². The Morgan fingerprint density at radius 3 is 2.65 bits per heavy atom. The van der Waals surface area contributed by atoms with E-state index in [1.54, 1.807) is 13.1 Å². The molecule has 0 saturated heterocycles. The van der Waals surface area contributed by atoms with Crippen molar-refractivity contribution in [2.75, 3.05) is 7.05 Å². The number of hydrogen-bond acceptors (Lipinski definition) is 4. The topological polar surface area (TPSA) is 83.7 Å². The molecule has 0 spiro atoms. The Bertz CT molecular complexity index is 518. The number of hydrogen-bond donors (Lipinski definition) is 1. The third-order valence-corrected chi connectivity index (χ3v) is 3.84. The van der Waals surface area contributed by atoms with E-state index in [2.05, 4.69) is 0 Å². The maximum atomic E-state index is 12.4. The number of amides is 1. The number of rotatable bonds is 3. The Morgan fingerprint density at radius 1 is 1.35 bits per heavy atom. The van der Waals surface area contributed by atoms with Gasteiger partial charge < -0.3 is 10.0 Å². The molecule has 108 valence electrons. The van der Waals surface area contributed by atoms with E-state index < -0.39 is 16.9 Å². The van der Waals surface area contributed by atoms with Crippen LogP contribution >= 0.6 is 0 Å². The van der Waals surface area contributed by atoms with Crippen molar-refractivity contribution < 1.29 is 14.8 Å². The molecular formula is C14H18N2O4. The van der Waals surface area contributed by atoms with Crippen LogP contribution in [0, 0.1) is 10.1 Å². The molecule has 6 nitrogen and oxygen atoms in total. The van der Waals surface area contributed by atoms with E-state index in [-0.39, 0.29) is 17.3 Å². The molecule has 0 bridgehead atoms. The average Bonchev–Trinajstić information content (AvgIpc) is 2.46. The van der Waals surface area contributed by atoms with Crippen LogP contribution in [0.2, 0.25) is 0 Å². The minimum absolute atomic E-state index is 0.0674. The van der Waals surface area contributed by atoms with Gasteiger partial charge in [-0.2, -0.15) is 0 Å². The molecule has 1 fully saturated rings. The minimum atomic E-state index is -0.557. The molecule has 1 aromatic carbocycles. The molecule has 1 N–H and O–H groups in total. The first-order valence-electron chi connectivity index (χ1n) is 6.71. The predicted octanol–water partition coefficient (Wildman–Crippen LogP) is 1.97. The van der Waals surface area contributed by atoms with Crippen molar-refractivity contribution in [1.82, 2.24) is 4.90 Å². The highest BCUT2D eigenvalue weighted by Gasteiger charge is 2.32. The van der Waals surface area contributed by atoms with Gasteiger partial charge >= 0.3 is 0 Å². The van der Waals surface area contributed by atoms with Gasteiger partial charge in [0.05, 0.1) is 17.1 Å². The van der Waals surface area contributed by atoms with Gasteiger partial charge in [0.2, 0.25) is 0 Å². The number of nitro groups is 1. The van der Waals surface area contributed by atoms with Crippen molar-refractivity contribution in [1.29, 1.82) is 0 Å². The van der Waals surface area contributed by atoms with Crippen LogP contribution in [-0.2, 0) is 0 Å². The monoisotopic (exact) mass is 278 g/mol. The van der Waals surface area contributed by atoms with Crippen LogP contribution in [-0.4, -0.2) is 40.0 Å². The molecule has 1 amide bonds. The second kappa shape index (κ2) is 6.00. The standard InChI is InChI=1S/C14H18N2O4/c1-15(12-8-4-5-9-13(12)17)14(18)10-6-2-3-7-11(10)16(19)20/h2-3,6-7,12-13,17H,4-5,8-9H2,1H3. The van der Waals surface area contributed by atoms with Crippen molar-refractivity contribution in [3.63, 3.8) is 0 Å². The maximum absolute atomic E-state index is 12.4. The molecule has 2 atom stereocenters. The van der Waals surface area contributed by atoms with Gasteiger partial charge in [-0.3, -0.25) is 14.9 Å². The summed E-state index contributed by atoms with van der Waals surface area (Å²) in [5.74, 6) is -0.414. The number of carbonyl (C=O) groups is 1. The van der Waals surface area contributed by atoms with Crippen LogP contribution < -0.4 is 0 Å². The van der Waals surface area contributed by atoms with Crippen molar-refractivity contribution in [2.24, 2.45) is 0 Å². The minimum Gasteiger partial charge on any atom is -0.391 e. The molecule has 0 aliphatic heterocycles. The zero-order chi connectivity index (χ0) is 14.7. The maximum Gasteiger partial charge on any atom is 0.282 e. The summed E-state index contributed by atoms with van der Waals surface area (Å²) in [5, 5.41) is 21.0. The van der Waals surface area contributed by atoms with Crippen LogP contribution in [0.3, 0.4) is 0 Å². The van der Waals surface area contributed by atoms with E-state index in [9.17, 15) is 20.0 Å². The van der Waals surface area contributed by atoms with E-state index in [4.69, 9.17) is 0 Å². The lowest BCUT2D eigenvalue weighted by Crippen LogP contribution is -2.46. The summed E-state index contributed by atoms with van der Waals surface area (Å²) in [4.78, 5) is 24.3. The molecule has 20 heavy (non-hydrogen) atoms. The van der Waals surface area contributed by atoms with Gasteiger partial charge in [0.1, 0.15) is 5.56 Å². The lowest BCUT2D eigenvalue weighted by molar-refractivity contribution is -0.385. The lowest BCUT2D eigenvalue weighted by Gasteiger charge is -2.35. The predicted molar refractivity (Wildman–Crippen MR) is 73.5 cm³/mol. The zero-order valence-corrected chi connectivity index (χ0v) is 11.4. The Labute approximate surface area is 117 Å². The summed E-state index contributed by atoms with van der Waals surface area (Å²) in [6.07, 6.45) is 2.74. The van der Waals surface area contributed by atoms with E-state index in [1.165, 1.54) is 23.1 Å². The number of benzene rings is 1. The largest absolute Gasteiger partial charge is 0.391 e. The van der Waals surface area contributed by atoms with Crippen LogP contribution in [0.5, 0.6) is 0 Å². The highest BCUT2D eigenvalue weighted by Crippen LogP contribution is 2.26. The Morgan fingerprint density at radius 2 is 2.00 bits per heavy atom. The molecule has 1 aromatic rings. The van der Waals surface area contributed by atoms with Gasteiger partial charge in [0, 0.05) is 13.1 Å². The summed E-state index contributed by atoms with van der Waals surface area (Å²) in [6, 6.07) is 5.64. The Kier molecular flexibility index (Phi) is 4.34. The smallest absolute Gasteiger partial charge is 0.282 e. The van der Waals surface area contributed by atoms with Gasteiger partial charge in [-0.05, 0) is 18.9 Å². The van der Waals surface area contributed by atoms with Crippen LogP contribution in [0.4, 0.5) is 5.69 Å². The molecule has 2 unspecified atom stereocenters. The SMILES string of the molecule is CN(C(=O)c1ccccc1[N+](=O)[O-])C1CCCCC1O. The molecule has 1 aliphatic carbocycles. The molecule has 6 heteroatoms. The van der Waals surface area contributed by atoms with E-state index in [1.807, 2.05) is 0 Å². The second-order valence-electron chi connectivity index (χ2n) is 5.11. The first kappa shape index (κ1) is 14.5. The van der Waals surface area contributed by atoms with Gasteiger partial charge in [-0.25, -0.2) is 0 Å². The third-order valence-electron chi connectivity index (χ3n) is 3.84. The lowest BCUT2D eigenvalue weighted by atomic mass is 9.91. The Balaban J connectivity index is 2.24. The quantitative estimate of drug-likeness (QED) is 0.676. The number of para-hydroxylation sites is 1. The number of likely N-dealkylation sites (N-methyl/N-ethyl adjacent to an activating group) is 1. The first-order chi connectivity index (χ1) is 9.52. The van der Waals surface area contributed by atoms with Crippen molar-refractivity contribution in [3.05, 3.63) is 39.9 Å². The van der Waals surface area contributed by atoms with Crippen molar-refractivity contribution in [3.8, 4) is 0 Å². The highest BCUT2D eigenvalue weighted by atomic mass is 16.6. The third kappa shape index (κ3) is 2.80. The molecule has 1 aliphatic rings. The van der Waals surface area contributed by atoms with Gasteiger partial charge in [0.25, 0.3) is 11.6 Å². The van der Waals surface area contributed by atoms with E-state index in [0.717, 1.165) is 19.3 Å².